The molecule has 0 bridgehead atoms. The van der Waals surface area contributed by atoms with Crippen LogP contribution in [0.5, 0.6) is 0 Å². The highest BCUT2D eigenvalue weighted by atomic mass is 32.1. The van der Waals surface area contributed by atoms with Crippen molar-refractivity contribution in [3.63, 3.8) is 0 Å². The zero-order chi connectivity index (χ0) is 31.9. The predicted octanol–water partition coefficient (Wildman–Crippen LogP) is 6.41. The smallest absolute Gasteiger partial charge is 0.416 e. The van der Waals surface area contributed by atoms with Crippen LogP contribution in [-0.4, -0.2) is 39.8 Å². The quantitative estimate of drug-likeness (QED) is 0.252. The number of esters is 1. The topological polar surface area (TPSA) is 130 Å². The van der Waals surface area contributed by atoms with E-state index in [-0.39, 0.29) is 27.0 Å². The minimum atomic E-state index is -4.70. The van der Waals surface area contributed by atoms with Gasteiger partial charge in [-0.1, -0.05) is 29.5 Å². The Labute approximate surface area is 250 Å². The highest BCUT2D eigenvalue weighted by Gasteiger charge is 2.45. The number of Topliss-reactive ketones (excluding diaryl/α,β-unsaturated/α-hetero) is 1. The van der Waals surface area contributed by atoms with E-state index in [1.807, 2.05) is 6.07 Å². The van der Waals surface area contributed by atoms with Crippen molar-refractivity contribution < 1.29 is 32.3 Å². The largest absolute Gasteiger partial charge is 0.459 e. The van der Waals surface area contributed by atoms with Crippen molar-refractivity contribution in [1.82, 2.24) is 9.88 Å². The minimum Gasteiger partial charge on any atom is -0.459 e. The molecule has 0 fully saturated rings. The Hall–Kier alpha value is -4.70. The first-order valence-electron chi connectivity index (χ1n) is 13.0. The Morgan fingerprint density at radius 3 is 2.30 bits per heavy atom. The molecule has 0 saturated heterocycles. The van der Waals surface area contributed by atoms with Crippen LogP contribution in [0.3, 0.4) is 0 Å². The number of rotatable bonds is 6. The number of nitrogens with two attached hydrogens (primary N) is 1. The molecule has 0 spiro atoms. The maximum atomic E-state index is 14.3. The number of benzene rings is 2. The zero-order valence-corrected chi connectivity index (χ0v) is 24.8. The van der Waals surface area contributed by atoms with Crippen LogP contribution in [0.4, 0.5) is 28.8 Å². The number of allylic oxidation sites excluding steroid dienone is 1. The van der Waals surface area contributed by atoms with Gasteiger partial charge in [0, 0.05) is 11.3 Å². The number of ketones is 1. The number of nitriles is 1. The van der Waals surface area contributed by atoms with Crippen LogP contribution in [0, 0.1) is 18.3 Å². The molecule has 1 atom stereocenters. The first kappa shape index (κ1) is 31.2. The fourth-order valence-electron chi connectivity index (χ4n) is 4.78. The Bertz CT molecular complexity index is 1670. The van der Waals surface area contributed by atoms with Crippen molar-refractivity contribution in [2.24, 2.45) is 0 Å². The lowest BCUT2D eigenvalue weighted by Crippen LogP contribution is -2.53. The first-order valence-corrected chi connectivity index (χ1v) is 13.8. The molecule has 2 N–H and O–H groups in total. The maximum Gasteiger partial charge on any atom is 0.416 e. The van der Waals surface area contributed by atoms with E-state index in [0.717, 1.165) is 39.3 Å². The van der Waals surface area contributed by atoms with Crippen LogP contribution in [0.25, 0.3) is 0 Å². The lowest BCUT2D eigenvalue weighted by molar-refractivity contribution is -0.155. The summed E-state index contributed by atoms with van der Waals surface area (Å²) in [6.07, 6.45) is -4.70. The number of hydrogen-bond donors (Lipinski definition) is 1. The second-order valence-corrected chi connectivity index (χ2v) is 11.8. The number of urea groups is 1. The van der Waals surface area contributed by atoms with Gasteiger partial charge < -0.3 is 15.4 Å². The Balaban J connectivity index is 2.00. The summed E-state index contributed by atoms with van der Waals surface area (Å²) in [5.41, 5.74) is 4.89. The summed E-state index contributed by atoms with van der Waals surface area (Å²) in [6.45, 7) is 7.34. The van der Waals surface area contributed by atoms with Gasteiger partial charge in [-0.2, -0.15) is 18.4 Å². The van der Waals surface area contributed by atoms with Crippen LogP contribution in [0.1, 0.15) is 65.8 Å². The van der Waals surface area contributed by atoms with Crippen molar-refractivity contribution in [3.8, 4) is 6.07 Å². The van der Waals surface area contributed by atoms with E-state index in [2.05, 4.69) is 4.98 Å². The maximum absolute atomic E-state index is 14.3. The first-order chi connectivity index (χ1) is 20.0. The third kappa shape index (κ3) is 6.54. The van der Waals surface area contributed by atoms with Crippen molar-refractivity contribution in [2.45, 2.75) is 52.4 Å². The fraction of sp³-hybridized carbons (Fsp3) is 0.300. The van der Waals surface area contributed by atoms with E-state index in [1.165, 1.54) is 25.1 Å². The Morgan fingerprint density at radius 1 is 1.12 bits per heavy atom. The predicted molar refractivity (Wildman–Crippen MR) is 154 cm³/mol. The second-order valence-electron chi connectivity index (χ2n) is 10.8. The summed E-state index contributed by atoms with van der Waals surface area (Å²) in [5, 5.41) is 9.45. The molecule has 2 aromatic carbocycles. The van der Waals surface area contributed by atoms with Crippen LogP contribution in [0.2, 0.25) is 0 Å². The number of ether oxygens (including phenoxy) is 1. The van der Waals surface area contributed by atoms with Crippen molar-refractivity contribution in [3.05, 3.63) is 87.1 Å². The molecule has 9 nitrogen and oxygen atoms in total. The van der Waals surface area contributed by atoms with Gasteiger partial charge >= 0.3 is 18.2 Å². The SMILES string of the molecule is CC1=C(C(=O)c2sc(N)nc2C)C(c2ccc(C#N)cc2)N(CC(=O)OC(C)(C)C)C(=O)N1c1cccc(C(F)(F)F)c1. The highest BCUT2D eigenvalue weighted by Crippen LogP contribution is 2.43. The molecule has 1 aliphatic rings. The number of nitrogen functional groups attached to an aromatic ring is 1. The zero-order valence-electron chi connectivity index (χ0n) is 23.9. The molecule has 43 heavy (non-hydrogen) atoms. The lowest BCUT2D eigenvalue weighted by Gasteiger charge is -2.43. The Kier molecular flexibility index (Phi) is 8.37. The number of amides is 2. The standard InChI is InChI=1S/C30H28F3N5O4S/c1-16-26(43-27(35)36-16)25(40)23-17(2)38(21-8-6-7-20(13-21)30(31,32)33)28(41)37(15-22(39)42-29(3,4)5)24(23)19-11-9-18(14-34)10-12-19/h6-13,24H,15H2,1-5H3,(H2,35,36). The normalized spacial score (nSPS) is 15.9. The number of carbonyl (C=O) groups is 3. The van der Waals surface area contributed by atoms with Crippen molar-refractivity contribution in [2.75, 3.05) is 17.2 Å². The number of carbonyl (C=O) groups excluding carboxylic acids is 3. The molecule has 224 valence electrons. The molecule has 13 heteroatoms. The number of aromatic nitrogens is 1. The molecule has 1 aliphatic heterocycles. The molecule has 0 saturated carbocycles. The molecule has 3 aromatic rings. The summed E-state index contributed by atoms with van der Waals surface area (Å²) in [4.78, 5) is 48.0. The summed E-state index contributed by atoms with van der Waals surface area (Å²) >= 11 is 0.926. The number of halogens is 3. The third-order valence-electron chi connectivity index (χ3n) is 6.52. The van der Waals surface area contributed by atoms with Crippen LogP contribution in [0.15, 0.2) is 59.8 Å². The Morgan fingerprint density at radius 2 is 1.77 bits per heavy atom. The van der Waals surface area contributed by atoms with Gasteiger partial charge in [0.2, 0.25) is 5.78 Å². The summed E-state index contributed by atoms with van der Waals surface area (Å²) in [7, 11) is 0. The average molecular weight is 612 g/mol. The van der Waals surface area contributed by atoms with Gasteiger partial charge in [0.25, 0.3) is 0 Å². The summed E-state index contributed by atoms with van der Waals surface area (Å²) in [5.74, 6) is -1.37. The van der Waals surface area contributed by atoms with Crippen molar-refractivity contribution in [1.29, 1.82) is 5.26 Å². The molecule has 2 heterocycles. The van der Waals surface area contributed by atoms with Gasteiger partial charge in [-0.25, -0.2) is 9.78 Å². The molecular weight excluding hydrogens is 583 g/mol. The van der Waals surface area contributed by atoms with Gasteiger partial charge in [-0.15, -0.1) is 0 Å². The lowest BCUT2D eigenvalue weighted by atomic mass is 9.88. The van der Waals surface area contributed by atoms with E-state index in [4.69, 9.17) is 10.5 Å². The van der Waals surface area contributed by atoms with Gasteiger partial charge in [-0.3, -0.25) is 14.5 Å². The number of thiazole rings is 1. The number of aryl methyl sites for hydroxylation is 1. The molecule has 2 amide bonds. The van der Waals surface area contributed by atoms with E-state index in [9.17, 15) is 32.8 Å². The third-order valence-corrected chi connectivity index (χ3v) is 7.50. The number of alkyl halides is 3. The van der Waals surface area contributed by atoms with E-state index in [1.54, 1.807) is 39.8 Å². The summed E-state index contributed by atoms with van der Waals surface area (Å²) < 4.78 is 46.5. The van der Waals surface area contributed by atoms with Crippen molar-refractivity contribution >= 4 is 39.9 Å². The van der Waals surface area contributed by atoms with E-state index >= 15 is 0 Å². The number of nitrogens with zero attached hydrogens (tertiary/aromatic N) is 4. The molecule has 4 rings (SSSR count). The number of anilines is 2. The van der Waals surface area contributed by atoms with Gasteiger partial charge in [0.1, 0.15) is 12.1 Å². The number of hydrogen-bond acceptors (Lipinski definition) is 8. The molecule has 0 radical (unpaired) electrons. The average Bonchev–Trinajstić information content (AvgIpc) is 3.26. The van der Waals surface area contributed by atoms with Gasteiger partial charge in [-0.05, 0) is 70.5 Å². The van der Waals surface area contributed by atoms with Crippen LogP contribution in [-0.2, 0) is 15.7 Å². The molecule has 0 aliphatic carbocycles. The highest BCUT2D eigenvalue weighted by molar-refractivity contribution is 7.17. The molecular formula is C30H28F3N5O4S. The fourth-order valence-corrected chi connectivity index (χ4v) is 5.57. The van der Waals surface area contributed by atoms with Gasteiger partial charge in [0.15, 0.2) is 5.13 Å². The van der Waals surface area contributed by atoms with Crippen LogP contribution >= 0.6 is 11.3 Å². The monoisotopic (exact) mass is 611 g/mol. The molecule has 1 unspecified atom stereocenters. The van der Waals surface area contributed by atoms with Crippen LogP contribution < -0.4 is 10.6 Å². The second kappa shape index (κ2) is 11.5. The van der Waals surface area contributed by atoms with E-state index < -0.39 is 47.7 Å². The molecule has 1 aromatic heterocycles. The van der Waals surface area contributed by atoms with Gasteiger partial charge in [0.05, 0.1) is 39.5 Å². The van der Waals surface area contributed by atoms with E-state index in [0.29, 0.717) is 16.8 Å². The summed E-state index contributed by atoms with van der Waals surface area (Å²) in [6, 6.07) is 10.2. The minimum absolute atomic E-state index is 0.0111.